The van der Waals surface area contributed by atoms with Gasteiger partial charge in [-0.1, -0.05) is 27.3 Å². The van der Waals surface area contributed by atoms with Gasteiger partial charge in [-0.25, -0.2) is 0 Å². The fourth-order valence-electron chi connectivity index (χ4n) is 0.916. The standard InChI is InChI=1S/C10H26OSi2/c1-9(2,3)13(7,8)11-10(4,5)12-6/h12H2,1-8H3. The molecule has 0 saturated carbocycles. The van der Waals surface area contributed by atoms with Gasteiger partial charge in [-0.05, 0) is 32.0 Å². The van der Waals surface area contributed by atoms with E-state index in [9.17, 15) is 0 Å². The van der Waals surface area contributed by atoms with E-state index in [1.807, 2.05) is 0 Å². The SMILES string of the molecule is C[SiH2]C(C)(C)O[Si](C)(C)C(C)(C)C. The molecule has 0 aromatic rings. The Labute approximate surface area is 87.2 Å². The van der Waals surface area contributed by atoms with Crippen LogP contribution >= 0.6 is 0 Å². The van der Waals surface area contributed by atoms with E-state index < -0.39 is 8.32 Å². The summed E-state index contributed by atoms with van der Waals surface area (Å²) in [5, 5.41) is 0.525. The van der Waals surface area contributed by atoms with Crippen molar-refractivity contribution in [3.05, 3.63) is 0 Å². The molecule has 0 aliphatic rings. The van der Waals surface area contributed by atoms with Crippen molar-refractivity contribution in [2.24, 2.45) is 0 Å². The van der Waals surface area contributed by atoms with Crippen LogP contribution in [0.3, 0.4) is 0 Å². The number of hydrogen-bond acceptors (Lipinski definition) is 1. The topological polar surface area (TPSA) is 9.23 Å². The lowest BCUT2D eigenvalue weighted by molar-refractivity contribution is 0.172. The second-order valence-electron chi connectivity index (χ2n) is 5.98. The molecule has 0 atom stereocenters. The first-order chi connectivity index (χ1) is 5.52. The molecule has 0 bridgehead atoms. The Balaban J connectivity index is 4.52. The van der Waals surface area contributed by atoms with Crippen LogP contribution in [0.4, 0.5) is 0 Å². The summed E-state index contributed by atoms with van der Waals surface area (Å²) in [5.74, 6) is 0. The summed E-state index contributed by atoms with van der Waals surface area (Å²) >= 11 is 0. The van der Waals surface area contributed by atoms with Crippen LogP contribution in [0.15, 0.2) is 0 Å². The van der Waals surface area contributed by atoms with Crippen LogP contribution < -0.4 is 0 Å². The van der Waals surface area contributed by atoms with Gasteiger partial charge >= 0.3 is 0 Å². The average Bonchev–Trinajstić information content (AvgIpc) is 1.83. The van der Waals surface area contributed by atoms with Gasteiger partial charge in [0.2, 0.25) is 0 Å². The quantitative estimate of drug-likeness (QED) is 0.662. The van der Waals surface area contributed by atoms with Crippen LogP contribution in [0.1, 0.15) is 34.6 Å². The maximum atomic E-state index is 6.34. The van der Waals surface area contributed by atoms with Crippen molar-refractivity contribution in [2.45, 2.75) is 64.5 Å². The average molecular weight is 218 g/mol. The van der Waals surface area contributed by atoms with E-state index in [1.54, 1.807) is 0 Å². The second-order valence-corrected chi connectivity index (χ2v) is 13.1. The van der Waals surface area contributed by atoms with Crippen LogP contribution in [-0.4, -0.2) is 23.1 Å². The van der Waals surface area contributed by atoms with Gasteiger partial charge in [-0.2, -0.15) is 0 Å². The number of hydrogen-bond donors (Lipinski definition) is 0. The molecule has 0 amide bonds. The van der Waals surface area contributed by atoms with Gasteiger partial charge in [0.25, 0.3) is 0 Å². The maximum Gasteiger partial charge on any atom is 0.192 e. The predicted molar refractivity (Wildman–Crippen MR) is 66.8 cm³/mol. The molecule has 0 unspecified atom stereocenters. The minimum absolute atomic E-state index is 0.0834. The fraction of sp³-hybridized carbons (Fsp3) is 1.00. The van der Waals surface area contributed by atoms with Crippen molar-refractivity contribution in [2.75, 3.05) is 0 Å². The van der Waals surface area contributed by atoms with E-state index in [-0.39, 0.29) is 14.7 Å². The summed E-state index contributed by atoms with van der Waals surface area (Å²) in [6, 6.07) is 0. The van der Waals surface area contributed by atoms with Crippen molar-refractivity contribution in [3.8, 4) is 0 Å². The van der Waals surface area contributed by atoms with Crippen molar-refractivity contribution in [1.82, 2.24) is 0 Å². The first-order valence-corrected chi connectivity index (χ1v) is 10.2. The van der Waals surface area contributed by atoms with Gasteiger partial charge < -0.3 is 4.43 Å². The van der Waals surface area contributed by atoms with Gasteiger partial charge in [-0.3, -0.25) is 0 Å². The van der Waals surface area contributed by atoms with Crippen molar-refractivity contribution in [1.29, 1.82) is 0 Å². The van der Waals surface area contributed by atoms with Crippen molar-refractivity contribution >= 4 is 17.8 Å². The zero-order valence-electron chi connectivity index (χ0n) is 10.6. The highest BCUT2D eigenvalue weighted by molar-refractivity contribution is 6.74. The lowest BCUT2D eigenvalue weighted by Crippen LogP contribution is -2.49. The third kappa shape index (κ3) is 3.96. The molecule has 0 aromatic heterocycles. The van der Waals surface area contributed by atoms with Gasteiger partial charge in [0.1, 0.15) is 0 Å². The molecule has 0 saturated heterocycles. The smallest absolute Gasteiger partial charge is 0.192 e. The molecule has 0 N–H and O–H groups in total. The third-order valence-corrected chi connectivity index (χ3v) is 10.0. The Bertz CT molecular complexity index is 168. The summed E-state index contributed by atoms with van der Waals surface area (Å²) in [7, 11) is -1.61. The van der Waals surface area contributed by atoms with E-state index in [2.05, 4.69) is 54.3 Å². The van der Waals surface area contributed by atoms with Gasteiger partial charge in [0, 0.05) is 5.22 Å². The van der Waals surface area contributed by atoms with E-state index in [1.165, 1.54) is 0 Å². The van der Waals surface area contributed by atoms with Crippen molar-refractivity contribution < 1.29 is 4.43 Å². The fourth-order valence-corrected chi connectivity index (χ4v) is 4.26. The molecule has 0 aliphatic heterocycles. The Morgan fingerprint density at radius 1 is 1.00 bits per heavy atom. The van der Waals surface area contributed by atoms with E-state index in [4.69, 9.17) is 4.43 Å². The molecule has 0 rings (SSSR count). The summed E-state index contributed by atoms with van der Waals surface area (Å²) in [4.78, 5) is 0. The minimum atomic E-state index is -1.53. The summed E-state index contributed by atoms with van der Waals surface area (Å²) in [6.45, 7) is 18.4. The number of rotatable bonds is 3. The monoisotopic (exact) mass is 218 g/mol. The highest BCUT2D eigenvalue weighted by Gasteiger charge is 2.40. The summed E-state index contributed by atoms with van der Waals surface area (Å²) in [6.07, 6.45) is 0. The molecule has 0 aliphatic carbocycles. The third-order valence-electron chi connectivity index (χ3n) is 3.19. The van der Waals surface area contributed by atoms with Gasteiger partial charge in [0.15, 0.2) is 8.32 Å². The maximum absolute atomic E-state index is 6.34. The molecule has 0 spiro atoms. The first kappa shape index (κ1) is 13.4. The summed E-state index contributed by atoms with van der Waals surface area (Å²) < 4.78 is 6.34. The zero-order chi connectivity index (χ0) is 10.9. The van der Waals surface area contributed by atoms with E-state index in [0.717, 1.165) is 0 Å². The van der Waals surface area contributed by atoms with Crippen LogP contribution in [0.5, 0.6) is 0 Å². The highest BCUT2D eigenvalue weighted by atomic mass is 28.4. The second kappa shape index (κ2) is 3.87. The molecule has 13 heavy (non-hydrogen) atoms. The largest absolute Gasteiger partial charge is 0.415 e. The molecule has 0 aromatic carbocycles. The van der Waals surface area contributed by atoms with Crippen LogP contribution in [-0.2, 0) is 4.43 Å². The normalized spacial score (nSPS) is 15.7. The summed E-state index contributed by atoms with van der Waals surface area (Å²) in [5.41, 5.74) is 0. The molecule has 0 fully saturated rings. The Morgan fingerprint density at radius 2 is 1.38 bits per heavy atom. The minimum Gasteiger partial charge on any atom is -0.415 e. The van der Waals surface area contributed by atoms with Crippen LogP contribution in [0.2, 0.25) is 24.7 Å². The molecular formula is C10H26OSi2. The van der Waals surface area contributed by atoms with Crippen molar-refractivity contribution in [3.63, 3.8) is 0 Å². The Morgan fingerprint density at radius 3 is 1.62 bits per heavy atom. The van der Waals surface area contributed by atoms with E-state index >= 15 is 0 Å². The van der Waals surface area contributed by atoms with E-state index in [0.29, 0.717) is 5.04 Å². The van der Waals surface area contributed by atoms with Gasteiger partial charge in [-0.15, -0.1) is 0 Å². The lowest BCUT2D eigenvalue weighted by Gasteiger charge is -2.42. The van der Waals surface area contributed by atoms with Gasteiger partial charge in [0.05, 0.1) is 9.52 Å². The molecule has 3 heteroatoms. The molecule has 0 radical (unpaired) electrons. The molecule has 0 heterocycles. The molecular weight excluding hydrogens is 192 g/mol. The predicted octanol–water partition coefficient (Wildman–Crippen LogP) is 2.96. The van der Waals surface area contributed by atoms with Crippen LogP contribution in [0, 0.1) is 0 Å². The zero-order valence-corrected chi connectivity index (χ0v) is 13.0. The molecule has 80 valence electrons. The Kier molecular flexibility index (Phi) is 3.99. The first-order valence-electron chi connectivity index (χ1n) is 5.22. The van der Waals surface area contributed by atoms with Crippen LogP contribution in [0.25, 0.3) is 0 Å². The highest BCUT2D eigenvalue weighted by Crippen LogP contribution is 2.38. The lowest BCUT2D eigenvalue weighted by atomic mass is 10.2. The Hall–Kier alpha value is 0.394. The molecule has 1 nitrogen and oxygen atoms in total.